The highest BCUT2D eigenvalue weighted by atomic mass is 14.0. The fourth-order valence-electron chi connectivity index (χ4n) is 3.43. The molecule has 0 bridgehead atoms. The van der Waals surface area contributed by atoms with Gasteiger partial charge in [0.2, 0.25) is 0 Å². The second-order valence-corrected chi connectivity index (χ2v) is 7.57. The van der Waals surface area contributed by atoms with Crippen LogP contribution in [0.5, 0.6) is 0 Å². The van der Waals surface area contributed by atoms with Crippen LogP contribution in [0.15, 0.2) is 0 Å². The topological polar surface area (TPSA) is 0 Å². The van der Waals surface area contributed by atoms with E-state index in [2.05, 4.69) is 6.92 Å². The summed E-state index contributed by atoms with van der Waals surface area (Å²) in [5.74, 6) is 0. The van der Waals surface area contributed by atoms with Gasteiger partial charge in [-0.15, -0.1) is 0 Å². The van der Waals surface area contributed by atoms with Gasteiger partial charge >= 0.3 is 0 Å². The van der Waals surface area contributed by atoms with Crippen molar-refractivity contribution in [3.63, 3.8) is 0 Å². The van der Waals surface area contributed by atoms with Crippen LogP contribution in [0, 0.1) is 0 Å². The molecule has 0 heterocycles. The molecule has 0 N–H and O–H groups in total. The third-order valence-electron chi connectivity index (χ3n) is 5.10. The van der Waals surface area contributed by atoms with Crippen molar-refractivity contribution in [2.24, 2.45) is 0 Å². The third kappa shape index (κ3) is 22.0. The summed E-state index contributed by atoms with van der Waals surface area (Å²) in [7, 11) is 0. The lowest BCUT2D eigenvalue weighted by Crippen LogP contribution is -1.84. The van der Waals surface area contributed by atoms with Gasteiger partial charge in [-0.05, 0) is 0 Å². The largest absolute Gasteiger partial charge is 0.0654 e. The summed E-state index contributed by atoms with van der Waals surface area (Å²) in [6, 6.07) is 0. The van der Waals surface area contributed by atoms with Gasteiger partial charge < -0.3 is 0 Å². The van der Waals surface area contributed by atoms with Gasteiger partial charge in [0.25, 0.3) is 0 Å². The molecule has 0 aromatic carbocycles. The second kappa shape index (κ2) is 22.0. The monoisotopic (exact) mass is 326 g/mol. The Balaban J connectivity index is 2.93. The highest BCUT2D eigenvalue weighted by Crippen LogP contribution is 2.14. The predicted octanol–water partition coefficient (Wildman–Crippen LogP) is 9.22. The second-order valence-electron chi connectivity index (χ2n) is 7.57. The smallest absolute Gasteiger partial charge is 0.0230 e. The summed E-state index contributed by atoms with van der Waals surface area (Å²) in [4.78, 5) is 0. The quantitative estimate of drug-likeness (QED) is 0.195. The van der Waals surface area contributed by atoms with Crippen LogP contribution in [-0.2, 0) is 0 Å². The van der Waals surface area contributed by atoms with E-state index >= 15 is 0 Å². The molecular formula is C23H48. The minimum atomic E-state index is 0.624. The Labute approximate surface area is 150 Å². The normalized spacial score (nSPS) is 11.8. The molecule has 0 fully saturated rings. The maximum absolute atomic E-state index is 7.11. The molecular weight excluding hydrogens is 276 g/mol. The molecule has 0 heteroatoms. The SMILES string of the molecule is [3H]CCCCCCCCCCCCCCCCCCCCCCC. The molecule has 0 aromatic rings. The molecule has 23 heavy (non-hydrogen) atoms. The Hall–Kier alpha value is 0. The van der Waals surface area contributed by atoms with Gasteiger partial charge in [-0.25, -0.2) is 0 Å². The van der Waals surface area contributed by atoms with Crippen LogP contribution in [0.25, 0.3) is 0 Å². The zero-order valence-electron chi connectivity index (χ0n) is 17.6. The fourth-order valence-corrected chi connectivity index (χ4v) is 3.43. The molecule has 0 spiro atoms. The molecule has 0 rings (SSSR count). The van der Waals surface area contributed by atoms with Gasteiger partial charge in [-0.2, -0.15) is 0 Å². The van der Waals surface area contributed by atoms with Crippen LogP contribution < -0.4 is 0 Å². The Morgan fingerprint density at radius 3 is 0.783 bits per heavy atom. The number of hydrogen-bond donors (Lipinski definition) is 0. The molecule has 0 aliphatic heterocycles. The summed E-state index contributed by atoms with van der Waals surface area (Å²) in [5, 5.41) is 0. The minimum absolute atomic E-state index is 0.624. The van der Waals surface area contributed by atoms with Crippen molar-refractivity contribution in [3.05, 3.63) is 0 Å². The van der Waals surface area contributed by atoms with E-state index in [0.717, 1.165) is 6.42 Å². The van der Waals surface area contributed by atoms with Crippen molar-refractivity contribution < 1.29 is 1.37 Å². The van der Waals surface area contributed by atoms with E-state index in [9.17, 15) is 0 Å². The number of rotatable bonds is 20. The molecule has 0 aliphatic rings. The van der Waals surface area contributed by atoms with E-state index in [1.807, 2.05) is 0 Å². The van der Waals surface area contributed by atoms with Crippen molar-refractivity contribution in [2.45, 2.75) is 149 Å². The van der Waals surface area contributed by atoms with Crippen molar-refractivity contribution in [1.82, 2.24) is 0 Å². The van der Waals surface area contributed by atoms with Crippen LogP contribution in [-0.4, -0.2) is 0 Å². The maximum Gasteiger partial charge on any atom is 0.0230 e. The van der Waals surface area contributed by atoms with Gasteiger partial charge in [-0.1, -0.05) is 149 Å². The molecule has 0 saturated carbocycles. The van der Waals surface area contributed by atoms with E-state index in [1.54, 1.807) is 0 Å². The van der Waals surface area contributed by atoms with Crippen LogP contribution in [0.1, 0.15) is 150 Å². The standard InChI is InChI=1S/C23H48/c1-3-5-7-9-11-13-15-17-19-21-23-22-20-18-16-14-12-10-8-6-4-2/h3-23H2,1-2H3/i1T. The zero-order valence-corrected chi connectivity index (χ0v) is 16.6. The highest BCUT2D eigenvalue weighted by molar-refractivity contribution is 4.50. The van der Waals surface area contributed by atoms with Crippen molar-refractivity contribution in [3.8, 4) is 0 Å². The first-order chi connectivity index (χ1) is 11.9. The fraction of sp³-hybridized carbons (Fsp3) is 1.00. The highest BCUT2D eigenvalue weighted by Gasteiger charge is 1.95. The molecule has 0 amide bonds. The lowest BCUT2D eigenvalue weighted by molar-refractivity contribution is 0.521. The van der Waals surface area contributed by atoms with E-state index < -0.39 is 0 Å². The Kier molecular flexibility index (Phi) is 20.1. The van der Waals surface area contributed by atoms with Crippen LogP contribution >= 0.6 is 0 Å². The third-order valence-corrected chi connectivity index (χ3v) is 5.10. The molecule has 0 aromatic heterocycles. The molecule has 0 unspecified atom stereocenters. The summed E-state index contributed by atoms with van der Waals surface area (Å²) in [6.07, 6.45) is 30.0. The van der Waals surface area contributed by atoms with Crippen LogP contribution in [0.4, 0.5) is 0 Å². The minimum Gasteiger partial charge on any atom is -0.0654 e. The zero-order chi connectivity index (χ0) is 17.6. The van der Waals surface area contributed by atoms with Crippen molar-refractivity contribution in [2.75, 3.05) is 0 Å². The molecule has 0 atom stereocenters. The lowest BCUT2D eigenvalue weighted by Gasteiger charge is -2.04. The van der Waals surface area contributed by atoms with E-state index in [1.165, 1.54) is 128 Å². The van der Waals surface area contributed by atoms with Gasteiger partial charge in [-0.3, -0.25) is 0 Å². The Morgan fingerprint density at radius 1 is 0.348 bits per heavy atom. The van der Waals surface area contributed by atoms with Gasteiger partial charge in [0.05, 0.1) is 0 Å². The summed E-state index contributed by atoms with van der Waals surface area (Å²) < 4.78 is 7.11. The Morgan fingerprint density at radius 2 is 0.565 bits per heavy atom. The van der Waals surface area contributed by atoms with Gasteiger partial charge in [0.15, 0.2) is 0 Å². The number of unbranched alkanes of at least 4 members (excludes halogenated alkanes) is 20. The first-order valence-corrected chi connectivity index (χ1v) is 11.2. The maximum atomic E-state index is 7.11. The summed E-state index contributed by atoms with van der Waals surface area (Å²) in [5.41, 5.74) is 0. The van der Waals surface area contributed by atoms with E-state index in [4.69, 9.17) is 1.37 Å². The van der Waals surface area contributed by atoms with Gasteiger partial charge in [0, 0.05) is 1.37 Å². The van der Waals surface area contributed by atoms with E-state index in [0.29, 0.717) is 6.90 Å². The molecule has 0 nitrogen and oxygen atoms in total. The summed E-state index contributed by atoms with van der Waals surface area (Å²) in [6.45, 7) is 2.92. The Bertz CT molecular complexity index is 180. The average molecular weight is 327 g/mol. The summed E-state index contributed by atoms with van der Waals surface area (Å²) >= 11 is 0. The first-order valence-electron chi connectivity index (χ1n) is 11.9. The van der Waals surface area contributed by atoms with Crippen LogP contribution in [0.3, 0.4) is 0 Å². The number of hydrogen-bond acceptors (Lipinski definition) is 0. The predicted molar refractivity (Wildman–Crippen MR) is 108 cm³/mol. The van der Waals surface area contributed by atoms with Gasteiger partial charge in [0.1, 0.15) is 0 Å². The first kappa shape index (κ1) is 21.0. The lowest BCUT2D eigenvalue weighted by atomic mass is 10.0. The molecule has 140 valence electrons. The molecule has 0 aliphatic carbocycles. The van der Waals surface area contributed by atoms with E-state index in [-0.39, 0.29) is 0 Å². The average Bonchev–Trinajstić information content (AvgIpc) is 2.60. The van der Waals surface area contributed by atoms with Crippen molar-refractivity contribution in [1.29, 1.82) is 0 Å². The van der Waals surface area contributed by atoms with Crippen LogP contribution in [0.2, 0.25) is 0 Å². The van der Waals surface area contributed by atoms with Crippen molar-refractivity contribution >= 4 is 0 Å². The molecule has 0 saturated heterocycles. The molecule has 0 radical (unpaired) electrons.